The van der Waals surface area contributed by atoms with E-state index in [2.05, 4.69) is 15.3 Å². The molecule has 4 aromatic rings. The predicted molar refractivity (Wildman–Crippen MR) is 106 cm³/mol. The van der Waals surface area contributed by atoms with Crippen molar-refractivity contribution in [1.82, 2.24) is 9.97 Å². The Morgan fingerprint density at radius 2 is 1.78 bits per heavy atom. The zero-order valence-corrected chi connectivity index (χ0v) is 14.8. The third-order valence-corrected chi connectivity index (χ3v) is 4.38. The molecule has 0 saturated carbocycles. The lowest BCUT2D eigenvalue weighted by atomic mass is 10.0. The number of benzene rings is 2. The van der Waals surface area contributed by atoms with Crippen LogP contribution in [0.5, 0.6) is 5.75 Å². The Bertz CT molecular complexity index is 1150. The number of aromatic hydroxyl groups is 1. The van der Waals surface area contributed by atoms with Crippen LogP contribution in [-0.2, 0) is 0 Å². The molecule has 2 heterocycles. The van der Waals surface area contributed by atoms with Gasteiger partial charge in [0.15, 0.2) is 0 Å². The summed E-state index contributed by atoms with van der Waals surface area (Å²) in [7, 11) is 0. The van der Waals surface area contributed by atoms with E-state index in [9.17, 15) is 9.90 Å². The van der Waals surface area contributed by atoms with E-state index in [4.69, 9.17) is 11.6 Å². The van der Waals surface area contributed by atoms with Crippen molar-refractivity contribution in [3.05, 3.63) is 83.6 Å². The molecule has 4 rings (SSSR count). The number of amides is 1. The summed E-state index contributed by atoms with van der Waals surface area (Å²) in [5, 5.41) is 13.8. The lowest BCUT2D eigenvalue weighted by Gasteiger charge is -2.11. The van der Waals surface area contributed by atoms with Crippen LogP contribution in [0.3, 0.4) is 0 Å². The minimum atomic E-state index is -0.360. The smallest absolute Gasteiger partial charge is 0.256 e. The predicted octanol–water partition coefficient (Wildman–Crippen LogP) is 4.91. The molecule has 2 aromatic heterocycles. The molecular formula is C21H14ClN3O2. The topological polar surface area (TPSA) is 75.1 Å². The van der Waals surface area contributed by atoms with Crippen molar-refractivity contribution in [1.29, 1.82) is 0 Å². The molecule has 2 N–H and O–H groups in total. The van der Waals surface area contributed by atoms with Crippen molar-refractivity contribution in [2.75, 3.05) is 5.32 Å². The molecule has 1 amide bonds. The standard InChI is InChI=1S/C21H14ClN3O2/c22-14-5-6-20(26)19(11-14)25-21(27)16-12-18(13-7-9-23-10-8-13)24-17-4-2-1-3-15(16)17/h1-12,26H,(H,25,27). The molecule has 0 spiro atoms. The number of rotatable bonds is 3. The molecule has 132 valence electrons. The van der Waals surface area contributed by atoms with Crippen molar-refractivity contribution >= 4 is 34.1 Å². The minimum absolute atomic E-state index is 0.0551. The molecule has 0 fully saturated rings. The van der Waals surface area contributed by atoms with Gasteiger partial charge < -0.3 is 10.4 Å². The van der Waals surface area contributed by atoms with Crippen LogP contribution < -0.4 is 5.32 Å². The molecule has 0 saturated heterocycles. The molecule has 0 aliphatic heterocycles. The Morgan fingerprint density at radius 3 is 2.59 bits per heavy atom. The molecule has 0 aliphatic carbocycles. The van der Waals surface area contributed by atoms with Crippen LogP contribution in [0.1, 0.15) is 10.4 Å². The van der Waals surface area contributed by atoms with Gasteiger partial charge in [0.1, 0.15) is 5.75 Å². The Balaban J connectivity index is 1.82. The van der Waals surface area contributed by atoms with Gasteiger partial charge in [0, 0.05) is 28.4 Å². The fourth-order valence-electron chi connectivity index (χ4n) is 2.83. The number of carbonyl (C=O) groups is 1. The van der Waals surface area contributed by atoms with Crippen molar-refractivity contribution in [3.8, 4) is 17.0 Å². The first-order valence-electron chi connectivity index (χ1n) is 8.22. The van der Waals surface area contributed by atoms with E-state index in [0.717, 1.165) is 5.56 Å². The second-order valence-corrected chi connectivity index (χ2v) is 6.36. The maximum Gasteiger partial charge on any atom is 0.256 e. The highest BCUT2D eigenvalue weighted by molar-refractivity contribution is 6.31. The molecule has 0 bridgehead atoms. The number of para-hydroxylation sites is 1. The number of phenolic OH excluding ortho intramolecular Hbond substituents is 1. The Hall–Kier alpha value is -3.44. The van der Waals surface area contributed by atoms with Crippen molar-refractivity contribution < 1.29 is 9.90 Å². The summed E-state index contributed by atoms with van der Waals surface area (Å²) in [4.78, 5) is 21.6. The zero-order valence-electron chi connectivity index (χ0n) is 14.1. The van der Waals surface area contributed by atoms with E-state index in [-0.39, 0.29) is 17.3 Å². The van der Waals surface area contributed by atoms with E-state index in [1.165, 1.54) is 12.1 Å². The summed E-state index contributed by atoms with van der Waals surface area (Å²) < 4.78 is 0. The van der Waals surface area contributed by atoms with Gasteiger partial charge in [-0.05, 0) is 42.5 Å². The van der Waals surface area contributed by atoms with Gasteiger partial charge in [-0.25, -0.2) is 4.98 Å². The summed E-state index contributed by atoms with van der Waals surface area (Å²) in [5.41, 5.74) is 2.92. The number of halogens is 1. The molecule has 27 heavy (non-hydrogen) atoms. The van der Waals surface area contributed by atoms with Crippen molar-refractivity contribution in [3.63, 3.8) is 0 Å². The number of hydrogen-bond acceptors (Lipinski definition) is 4. The van der Waals surface area contributed by atoms with Gasteiger partial charge in [-0.15, -0.1) is 0 Å². The van der Waals surface area contributed by atoms with Gasteiger partial charge in [-0.2, -0.15) is 0 Å². The fourth-order valence-corrected chi connectivity index (χ4v) is 3.00. The summed E-state index contributed by atoms with van der Waals surface area (Å²) in [5.74, 6) is -0.415. The average Bonchev–Trinajstić information content (AvgIpc) is 2.70. The average molecular weight is 376 g/mol. The normalized spacial score (nSPS) is 10.7. The van der Waals surface area contributed by atoms with E-state index in [1.807, 2.05) is 36.4 Å². The lowest BCUT2D eigenvalue weighted by molar-refractivity contribution is 0.102. The van der Waals surface area contributed by atoms with Crippen molar-refractivity contribution in [2.24, 2.45) is 0 Å². The van der Waals surface area contributed by atoms with Gasteiger partial charge in [-0.3, -0.25) is 9.78 Å². The number of phenols is 1. The number of fused-ring (bicyclic) bond motifs is 1. The highest BCUT2D eigenvalue weighted by atomic mass is 35.5. The highest BCUT2D eigenvalue weighted by Crippen LogP contribution is 2.29. The van der Waals surface area contributed by atoms with Crippen LogP contribution in [0.15, 0.2) is 73.1 Å². The SMILES string of the molecule is O=C(Nc1cc(Cl)ccc1O)c1cc(-c2ccncc2)nc2ccccc12. The van der Waals surface area contributed by atoms with Gasteiger partial charge in [0.2, 0.25) is 0 Å². The van der Waals surface area contributed by atoms with Gasteiger partial charge in [0.05, 0.1) is 22.5 Å². The second kappa shape index (κ2) is 7.05. The molecule has 2 aromatic carbocycles. The zero-order chi connectivity index (χ0) is 18.8. The van der Waals surface area contributed by atoms with E-state index in [0.29, 0.717) is 27.2 Å². The molecule has 0 aliphatic rings. The molecule has 0 atom stereocenters. The highest BCUT2D eigenvalue weighted by Gasteiger charge is 2.15. The maximum atomic E-state index is 13.0. The Labute approximate surface area is 160 Å². The molecule has 0 unspecified atom stereocenters. The number of anilines is 1. The molecule has 5 nitrogen and oxygen atoms in total. The van der Waals surface area contributed by atoms with Gasteiger partial charge in [0.25, 0.3) is 5.91 Å². The Morgan fingerprint density at radius 1 is 1.00 bits per heavy atom. The van der Waals surface area contributed by atoms with Crippen LogP contribution >= 0.6 is 11.6 Å². The Kier molecular flexibility index (Phi) is 4.44. The summed E-state index contributed by atoms with van der Waals surface area (Å²) in [6, 6.07) is 17.3. The molecule has 0 radical (unpaired) electrons. The molecular weight excluding hydrogens is 362 g/mol. The van der Waals surface area contributed by atoms with E-state index < -0.39 is 0 Å². The third kappa shape index (κ3) is 3.45. The summed E-state index contributed by atoms with van der Waals surface area (Å²) in [6.45, 7) is 0. The monoisotopic (exact) mass is 375 g/mol. The lowest BCUT2D eigenvalue weighted by Crippen LogP contribution is -2.13. The van der Waals surface area contributed by atoms with Crippen LogP contribution in [0.2, 0.25) is 5.02 Å². The third-order valence-electron chi connectivity index (χ3n) is 4.14. The minimum Gasteiger partial charge on any atom is -0.506 e. The van der Waals surface area contributed by atoms with E-state index >= 15 is 0 Å². The van der Waals surface area contributed by atoms with Crippen LogP contribution in [0.25, 0.3) is 22.2 Å². The van der Waals surface area contributed by atoms with Crippen LogP contribution in [0, 0.1) is 0 Å². The second-order valence-electron chi connectivity index (χ2n) is 5.92. The number of nitrogens with one attached hydrogen (secondary N) is 1. The number of hydrogen-bond donors (Lipinski definition) is 2. The van der Waals surface area contributed by atoms with Gasteiger partial charge in [-0.1, -0.05) is 29.8 Å². The first-order chi connectivity index (χ1) is 13.1. The van der Waals surface area contributed by atoms with Crippen LogP contribution in [-0.4, -0.2) is 21.0 Å². The number of nitrogens with zero attached hydrogens (tertiary/aromatic N) is 2. The summed E-state index contributed by atoms with van der Waals surface area (Å²) in [6.07, 6.45) is 3.35. The quantitative estimate of drug-likeness (QED) is 0.499. The number of aromatic nitrogens is 2. The van der Waals surface area contributed by atoms with Crippen molar-refractivity contribution in [2.45, 2.75) is 0 Å². The van der Waals surface area contributed by atoms with E-state index in [1.54, 1.807) is 24.5 Å². The maximum absolute atomic E-state index is 13.0. The number of carbonyl (C=O) groups excluding carboxylic acids is 1. The summed E-state index contributed by atoms with van der Waals surface area (Å²) >= 11 is 5.97. The number of pyridine rings is 2. The van der Waals surface area contributed by atoms with Crippen LogP contribution in [0.4, 0.5) is 5.69 Å². The fraction of sp³-hybridized carbons (Fsp3) is 0. The van der Waals surface area contributed by atoms with Gasteiger partial charge >= 0.3 is 0 Å². The first kappa shape index (κ1) is 17.0. The molecule has 6 heteroatoms. The first-order valence-corrected chi connectivity index (χ1v) is 8.60. The largest absolute Gasteiger partial charge is 0.506 e.